The summed E-state index contributed by atoms with van der Waals surface area (Å²) in [6.07, 6.45) is 3.91. The van der Waals surface area contributed by atoms with Gasteiger partial charge in [0.2, 0.25) is 0 Å². The third kappa shape index (κ3) is 5.63. The summed E-state index contributed by atoms with van der Waals surface area (Å²) in [6, 6.07) is 0.145. The molecule has 21 heavy (non-hydrogen) atoms. The second-order valence-electron chi connectivity index (χ2n) is 7.45. The lowest BCUT2D eigenvalue weighted by molar-refractivity contribution is 0.284. The highest BCUT2D eigenvalue weighted by atomic mass is 35.5. The van der Waals surface area contributed by atoms with E-state index >= 15 is 0 Å². The van der Waals surface area contributed by atoms with Crippen molar-refractivity contribution in [3.63, 3.8) is 0 Å². The zero-order valence-electron chi connectivity index (χ0n) is 14.5. The molecule has 0 radical (unpaired) electrons. The average molecular weight is 314 g/mol. The minimum atomic E-state index is 0.145. The third-order valence-corrected chi connectivity index (χ3v) is 4.25. The van der Waals surface area contributed by atoms with E-state index in [1.807, 2.05) is 4.68 Å². The molecule has 0 bridgehead atoms. The number of rotatable bonds is 7. The van der Waals surface area contributed by atoms with Gasteiger partial charge in [0.15, 0.2) is 0 Å². The number of hydrogen-bond acceptors (Lipinski definition) is 2. The van der Waals surface area contributed by atoms with Crippen molar-refractivity contribution in [2.24, 2.45) is 17.1 Å². The monoisotopic (exact) mass is 313 g/mol. The normalized spacial score (nSPS) is 15.2. The number of nitrogens with zero attached hydrogens (tertiary/aromatic N) is 2. The van der Waals surface area contributed by atoms with Crippen LogP contribution in [0, 0.1) is 11.3 Å². The van der Waals surface area contributed by atoms with E-state index in [1.165, 1.54) is 6.42 Å². The predicted molar refractivity (Wildman–Crippen MR) is 91.8 cm³/mol. The van der Waals surface area contributed by atoms with Crippen LogP contribution in [-0.4, -0.2) is 15.8 Å². The van der Waals surface area contributed by atoms with Crippen LogP contribution in [0.5, 0.6) is 0 Å². The van der Waals surface area contributed by atoms with E-state index in [0.717, 1.165) is 42.2 Å². The molecule has 3 nitrogen and oxygen atoms in total. The molecular weight excluding hydrogens is 282 g/mol. The van der Waals surface area contributed by atoms with Crippen molar-refractivity contribution in [2.75, 3.05) is 0 Å². The van der Waals surface area contributed by atoms with Gasteiger partial charge in [-0.15, -0.1) is 0 Å². The molecule has 1 aromatic heterocycles. The molecule has 0 saturated carbocycles. The van der Waals surface area contributed by atoms with Crippen LogP contribution in [0.3, 0.4) is 0 Å². The van der Waals surface area contributed by atoms with E-state index in [9.17, 15) is 0 Å². The standard InChI is InChI=1S/C17H32ClN3/c1-7-14-16(18)15(21(8-2)20-14)10-13(19)9-12(3)11-17(4,5)6/h12-13H,7-11,19H2,1-6H3. The summed E-state index contributed by atoms with van der Waals surface area (Å²) < 4.78 is 2.01. The quantitative estimate of drug-likeness (QED) is 0.808. The second kappa shape index (κ2) is 7.64. The molecule has 0 aliphatic heterocycles. The molecule has 0 aliphatic rings. The van der Waals surface area contributed by atoms with Crippen LogP contribution in [0.4, 0.5) is 0 Å². The highest BCUT2D eigenvalue weighted by Gasteiger charge is 2.21. The Kier molecular flexibility index (Phi) is 6.73. The Labute approximate surface area is 135 Å². The van der Waals surface area contributed by atoms with Crippen molar-refractivity contribution in [1.29, 1.82) is 0 Å². The largest absolute Gasteiger partial charge is 0.327 e. The Balaban J connectivity index is 2.70. The first-order valence-corrected chi connectivity index (χ1v) is 8.55. The Morgan fingerprint density at radius 3 is 2.38 bits per heavy atom. The summed E-state index contributed by atoms with van der Waals surface area (Å²) in [5, 5.41) is 5.39. The fraction of sp³-hybridized carbons (Fsp3) is 0.824. The first-order valence-electron chi connectivity index (χ1n) is 8.17. The lowest BCUT2D eigenvalue weighted by Crippen LogP contribution is -2.28. The van der Waals surface area contributed by atoms with Crippen molar-refractivity contribution < 1.29 is 0 Å². The number of hydrogen-bond donors (Lipinski definition) is 1. The Morgan fingerprint density at radius 2 is 1.90 bits per heavy atom. The molecule has 2 N–H and O–H groups in total. The molecule has 122 valence electrons. The SMILES string of the molecule is CCc1nn(CC)c(CC(N)CC(C)CC(C)(C)C)c1Cl. The van der Waals surface area contributed by atoms with Crippen LogP contribution in [0.2, 0.25) is 5.02 Å². The molecule has 2 unspecified atom stereocenters. The van der Waals surface area contributed by atoms with Crippen LogP contribution in [0.15, 0.2) is 0 Å². The van der Waals surface area contributed by atoms with Crippen LogP contribution in [-0.2, 0) is 19.4 Å². The minimum Gasteiger partial charge on any atom is -0.327 e. The Bertz CT molecular complexity index is 446. The van der Waals surface area contributed by atoms with Crippen molar-refractivity contribution >= 4 is 11.6 Å². The fourth-order valence-corrected chi connectivity index (χ4v) is 3.54. The summed E-state index contributed by atoms with van der Waals surface area (Å²) in [5.41, 5.74) is 8.82. The molecular formula is C17H32ClN3. The zero-order chi connectivity index (χ0) is 16.2. The Morgan fingerprint density at radius 1 is 1.29 bits per heavy atom. The summed E-state index contributed by atoms with van der Waals surface area (Å²) in [4.78, 5) is 0. The van der Waals surface area contributed by atoms with Crippen molar-refractivity contribution in [3.8, 4) is 0 Å². The molecule has 0 aromatic carbocycles. The Hall–Kier alpha value is -0.540. The van der Waals surface area contributed by atoms with Gasteiger partial charge in [-0.2, -0.15) is 5.10 Å². The van der Waals surface area contributed by atoms with Crippen molar-refractivity contribution in [3.05, 3.63) is 16.4 Å². The fourth-order valence-electron chi connectivity index (χ4n) is 3.19. The van der Waals surface area contributed by atoms with Crippen LogP contribution < -0.4 is 5.73 Å². The van der Waals surface area contributed by atoms with Crippen LogP contribution in [0.1, 0.15) is 65.8 Å². The van der Waals surface area contributed by atoms with Gasteiger partial charge in [0.25, 0.3) is 0 Å². The summed E-state index contributed by atoms with van der Waals surface area (Å²) in [7, 11) is 0. The van der Waals surface area contributed by atoms with Gasteiger partial charge in [-0.1, -0.05) is 46.2 Å². The van der Waals surface area contributed by atoms with Crippen LogP contribution in [0.25, 0.3) is 0 Å². The number of halogens is 1. The van der Waals surface area contributed by atoms with Gasteiger partial charge in [-0.25, -0.2) is 0 Å². The van der Waals surface area contributed by atoms with E-state index < -0.39 is 0 Å². The van der Waals surface area contributed by atoms with Gasteiger partial charge < -0.3 is 5.73 Å². The van der Waals surface area contributed by atoms with Gasteiger partial charge >= 0.3 is 0 Å². The molecule has 0 amide bonds. The first-order chi connectivity index (χ1) is 9.67. The molecule has 0 fully saturated rings. The molecule has 4 heteroatoms. The van der Waals surface area contributed by atoms with Crippen molar-refractivity contribution in [2.45, 2.75) is 79.8 Å². The average Bonchev–Trinajstić information content (AvgIpc) is 2.63. The highest BCUT2D eigenvalue weighted by molar-refractivity contribution is 6.31. The maximum Gasteiger partial charge on any atom is 0.0850 e. The molecule has 0 spiro atoms. The predicted octanol–water partition coefficient (Wildman–Crippen LogP) is 4.45. The van der Waals surface area contributed by atoms with Crippen molar-refractivity contribution in [1.82, 2.24) is 9.78 Å². The number of nitrogens with two attached hydrogens (primary N) is 1. The van der Waals surface area contributed by atoms with Gasteiger partial charge in [0.05, 0.1) is 16.4 Å². The van der Waals surface area contributed by atoms with Gasteiger partial charge in [-0.3, -0.25) is 4.68 Å². The highest BCUT2D eigenvalue weighted by Crippen LogP contribution is 2.28. The molecule has 1 rings (SSSR count). The zero-order valence-corrected chi connectivity index (χ0v) is 15.3. The number of aromatic nitrogens is 2. The maximum atomic E-state index is 6.46. The lowest BCUT2D eigenvalue weighted by Gasteiger charge is -2.25. The maximum absolute atomic E-state index is 6.46. The van der Waals surface area contributed by atoms with Gasteiger partial charge in [0, 0.05) is 19.0 Å². The topological polar surface area (TPSA) is 43.8 Å². The van der Waals surface area contributed by atoms with Crippen LogP contribution >= 0.6 is 11.6 Å². The van der Waals surface area contributed by atoms with E-state index in [0.29, 0.717) is 11.3 Å². The van der Waals surface area contributed by atoms with E-state index in [-0.39, 0.29) is 6.04 Å². The summed E-state index contributed by atoms with van der Waals surface area (Å²) in [5.74, 6) is 0.627. The minimum absolute atomic E-state index is 0.145. The molecule has 0 aliphatic carbocycles. The lowest BCUT2D eigenvalue weighted by atomic mass is 9.82. The molecule has 1 aromatic rings. The second-order valence-corrected chi connectivity index (χ2v) is 7.82. The van der Waals surface area contributed by atoms with E-state index in [2.05, 4.69) is 46.6 Å². The van der Waals surface area contributed by atoms with E-state index in [4.69, 9.17) is 17.3 Å². The first kappa shape index (κ1) is 18.5. The van der Waals surface area contributed by atoms with Gasteiger partial charge in [-0.05, 0) is 37.5 Å². The van der Waals surface area contributed by atoms with E-state index in [1.54, 1.807) is 0 Å². The summed E-state index contributed by atoms with van der Waals surface area (Å²) in [6.45, 7) is 14.2. The summed E-state index contributed by atoms with van der Waals surface area (Å²) >= 11 is 6.46. The third-order valence-electron chi connectivity index (χ3n) is 3.82. The number of aryl methyl sites for hydroxylation is 2. The van der Waals surface area contributed by atoms with Gasteiger partial charge in [0.1, 0.15) is 0 Å². The molecule has 0 saturated heterocycles. The molecule has 1 heterocycles. The smallest absolute Gasteiger partial charge is 0.0850 e. The molecule has 2 atom stereocenters.